The minimum Gasteiger partial charge on any atom is -0.481 e. The Morgan fingerprint density at radius 2 is 2.40 bits per heavy atom. The monoisotopic (exact) mass is 207 g/mol. The third-order valence-corrected chi connectivity index (χ3v) is 3.16. The van der Waals surface area contributed by atoms with Crippen LogP contribution in [0.15, 0.2) is 6.33 Å². The normalized spacial score (nSPS) is 29.1. The fourth-order valence-corrected chi connectivity index (χ4v) is 1.92. The highest BCUT2D eigenvalue weighted by Gasteiger charge is 2.43. The zero-order valence-corrected chi connectivity index (χ0v) is 8.33. The molecule has 2 saturated carbocycles. The third-order valence-electron chi connectivity index (χ3n) is 3.16. The van der Waals surface area contributed by atoms with Gasteiger partial charge in [0.15, 0.2) is 5.82 Å². The van der Waals surface area contributed by atoms with E-state index in [1.54, 1.807) is 11.0 Å². The lowest BCUT2D eigenvalue weighted by atomic mass is 10.3. The van der Waals surface area contributed by atoms with Gasteiger partial charge in [0.2, 0.25) is 0 Å². The van der Waals surface area contributed by atoms with Crippen LogP contribution in [0.3, 0.4) is 0 Å². The molecule has 0 unspecified atom stereocenters. The summed E-state index contributed by atoms with van der Waals surface area (Å²) in [5.74, 6) is 0.931. The highest BCUT2D eigenvalue weighted by Crippen LogP contribution is 2.40. The van der Waals surface area contributed by atoms with Crippen LogP contribution in [0, 0.1) is 11.8 Å². The van der Waals surface area contributed by atoms with Gasteiger partial charge >= 0.3 is 5.97 Å². The van der Waals surface area contributed by atoms with Crippen LogP contribution >= 0.6 is 0 Å². The Kier molecular flexibility index (Phi) is 1.81. The van der Waals surface area contributed by atoms with E-state index in [9.17, 15) is 4.79 Å². The van der Waals surface area contributed by atoms with Crippen LogP contribution in [0.1, 0.15) is 31.0 Å². The second-order valence-corrected chi connectivity index (χ2v) is 4.54. The number of rotatable bonds is 4. The molecule has 1 aromatic rings. The number of aliphatic carboxylic acids is 1. The van der Waals surface area contributed by atoms with Crippen molar-refractivity contribution in [2.24, 2.45) is 11.8 Å². The van der Waals surface area contributed by atoms with Gasteiger partial charge in [-0.2, -0.15) is 5.10 Å². The van der Waals surface area contributed by atoms with E-state index in [1.165, 1.54) is 12.8 Å². The Hall–Kier alpha value is -1.39. The number of aromatic nitrogens is 3. The molecule has 5 heteroatoms. The van der Waals surface area contributed by atoms with Gasteiger partial charge in [0.05, 0.1) is 5.92 Å². The first-order chi connectivity index (χ1) is 7.24. The van der Waals surface area contributed by atoms with Crippen molar-refractivity contribution in [2.75, 3.05) is 0 Å². The van der Waals surface area contributed by atoms with Crippen LogP contribution in [0.25, 0.3) is 0 Å². The maximum absolute atomic E-state index is 10.6. The maximum Gasteiger partial charge on any atom is 0.306 e. The summed E-state index contributed by atoms with van der Waals surface area (Å²) in [6.45, 7) is 0.705. The van der Waals surface area contributed by atoms with Gasteiger partial charge in [0.1, 0.15) is 6.33 Å². The first-order valence-corrected chi connectivity index (χ1v) is 5.36. The fourth-order valence-electron chi connectivity index (χ4n) is 1.92. The summed E-state index contributed by atoms with van der Waals surface area (Å²) < 4.78 is 1.79. The number of carbonyl (C=O) groups is 1. The summed E-state index contributed by atoms with van der Waals surface area (Å²) in [6, 6.07) is 0. The lowest BCUT2D eigenvalue weighted by Gasteiger charge is -1.97. The molecule has 2 aliphatic carbocycles. The summed E-state index contributed by atoms with van der Waals surface area (Å²) in [7, 11) is 0. The van der Waals surface area contributed by atoms with E-state index in [2.05, 4.69) is 10.1 Å². The average Bonchev–Trinajstić information content (AvgIpc) is 3.06. The molecule has 1 heterocycles. The molecule has 0 spiro atoms. The van der Waals surface area contributed by atoms with Crippen LogP contribution in [-0.4, -0.2) is 25.8 Å². The number of nitrogens with zero attached hydrogens (tertiary/aromatic N) is 3. The van der Waals surface area contributed by atoms with Crippen LogP contribution in [0.2, 0.25) is 0 Å². The quantitative estimate of drug-likeness (QED) is 0.795. The van der Waals surface area contributed by atoms with Crippen molar-refractivity contribution in [3.8, 4) is 0 Å². The number of carboxylic acid groups (broad SMARTS) is 1. The third kappa shape index (κ3) is 1.73. The molecule has 5 nitrogen and oxygen atoms in total. The number of hydrogen-bond donors (Lipinski definition) is 1. The van der Waals surface area contributed by atoms with Crippen LogP contribution in [-0.2, 0) is 11.3 Å². The van der Waals surface area contributed by atoms with Gasteiger partial charge in [-0.25, -0.2) is 4.98 Å². The zero-order chi connectivity index (χ0) is 10.4. The summed E-state index contributed by atoms with van der Waals surface area (Å²) in [5.41, 5.74) is 0. The lowest BCUT2D eigenvalue weighted by Crippen LogP contribution is -2.06. The van der Waals surface area contributed by atoms with Crippen molar-refractivity contribution in [1.82, 2.24) is 14.8 Å². The standard InChI is InChI=1S/C10H13N3O2/c14-10(15)8-3-7(8)4-13-5-11-9(12-13)6-1-2-6/h5-8H,1-4H2,(H,14,15)/t7-,8+/m0/s1. The van der Waals surface area contributed by atoms with Crippen molar-refractivity contribution in [3.63, 3.8) is 0 Å². The summed E-state index contributed by atoms with van der Waals surface area (Å²) in [5, 5.41) is 13.1. The smallest absolute Gasteiger partial charge is 0.306 e. The van der Waals surface area contributed by atoms with Gasteiger partial charge in [0.25, 0.3) is 0 Å². The van der Waals surface area contributed by atoms with Gasteiger partial charge in [-0.05, 0) is 25.2 Å². The second kappa shape index (κ2) is 3.05. The van der Waals surface area contributed by atoms with Gasteiger partial charge in [0, 0.05) is 12.5 Å². The van der Waals surface area contributed by atoms with E-state index in [0.717, 1.165) is 12.2 Å². The number of carboxylic acids is 1. The van der Waals surface area contributed by atoms with Crippen LogP contribution < -0.4 is 0 Å². The molecule has 80 valence electrons. The molecule has 15 heavy (non-hydrogen) atoms. The largest absolute Gasteiger partial charge is 0.481 e. The van der Waals surface area contributed by atoms with Crippen LogP contribution in [0.5, 0.6) is 0 Å². The average molecular weight is 207 g/mol. The van der Waals surface area contributed by atoms with Crippen molar-refractivity contribution < 1.29 is 9.90 Å². The minimum absolute atomic E-state index is 0.154. The molecule has 3 rings (SSSR count). The van der Waals surface area contributed by atoms with Crippen molar-refractivity contribution in [3.05, 3.63) is 12.2 Å². The lowest BCUT2D eigenvalue weighted by molar-refractivity contribution is -0.138. The molecule has 1 N–H and O–H groups in total. The first kappa shape index (κ1) is 8.88. The number of hydrogen-bond acceptors (Lipinski definition) is 3. The molecule has 2 aliphatic rings. The molecule has 0 aromatic carbocycles. The minimum atomic E-state index is -0.678. The highest BCUT2D eigenvalue weighted by atomic mass is 16.4. The molecule has 1 aromatic heterocycles. The molecule has 0 amide bonds. The molecule has 2 atom stereocenters. The molecule has 2 fully saturated rings. The first-order valence-electron chi connectivity index (χ1n) is 5.36. The Bertz CT molecular complexity index is 397. The van der Waals surface area contributed by atoms with E-state index < -0.39 is 5.97 Å². The Morgan fingerprint density at radius 1 is 1.60 bits per heavy atom. The molecule has 0 bridgehead atoms. The van der Waals surface area contributed by atoms with E-state index in [4.69, 9.17) is 5.11 Å². The highest BCUT2D eigenvalue weighted by molar-refractivity contribution is 5.73. The molecule has 0 saturated heterocycles. The van der Waals surface area contributed by atoms with E-state index in [0.29, 0.717) is 12.5 Å². The molecule has 0 radical (unpaired) electrons. The molecular weight excluding hydrogens is 194 g/mol. The predicted molar refractivity (Wildman–Crippen MR) is 51.2 cm³/mol. The van der Waals surface area contributed by atoms with Gasteiger partial charge < -0.3 is 5.11 Å². The van der Waals surface area contributed by atoms with Gasteiger partial charge in [-0.15, -0.1) is 0 Å². The van der Waals surface area contributed by atoms with Crippen molar-refractivity contribution in [1.29, 1.82) is 0 Å². The van der Waals surface area contributed by atoms with E-state index in [-0.39, 0.29) is 11.8 Å². The topological polar surface area (TPSA) is 68.0 Å². The summed E-state index contributed by atoms with van der Waals surface area (Å²) in [6.07, 6.45) is 4.91. The maximum atomic E-state index is 10.6. The van der Waals surface area contributed by atoms with Gasteiger partial charge in [-0.3, -0.25) is 9.48 Å². The van der Waals surface area contributed by atoms with Gasteiger partial charge in [-0.1, -0.05) is 0 Å². The van der Waals surface area contributed by atoms with E-state index in [1.807, 2.05) is 0 Å². The molecular formula is C10H13N3O2. The Balaban J connectivity index is 1.60. The van der Waals surface area contributed by atoms with E-state index >= 15 is 0 Å². The van der Waals surface area contributed by atoms with Crippen LogP contribution in [0.4, 0.5) is 0 Å². The zero-order valence-electron chi connectivity index (χ0n) is 8.33. The fraction of sp³-hybridized carbons (Fsp3) is 0.700. The summed E-state index contributed by atoms with van der Waals surface area (Å²) >= 11 is 0. The summed E-state index contributed by atoms with van der Waals surface area (Å²) in [4.78, 5) is 14.9. The predicted octanol–water partition coefficient (Wildman–Crippen LogP) is 0.876. The second-order valence-electron chi connectivity index (χ2n) is 4.54. The van der Waals surface area contributed by atoms with Crippen molar-refractivity contribution >= 4 is 5.97 Å². The molecule has 0 aliphatic heterocycles. The Labute approximate surface area is 87.1 Å². The Morgan fingerprint density at radius 3 is 3.00 bits per heavy atom. The van der Waals surface area contributed by atoms with Crippen molar-refractivity contribution in [2.45, 2.75) is 31.7 Å². The SMILES string of the molecule is O=C(O)[C@@H]1C[C@H]1Cn1cnc(C2CC2)n1.